The molecule has 0 aliphatic carbocycles. The van der Waals surface area contributed by atoms with Crippen LogP contribution in [-0.2, 0) is 17.8 Å². The summed E-state index contributed by atoms with van der Waals surface area (Å²) in [5.74, 6) is 0.945. The number of likely N-dealkylation sites (tertiary alicyclic amines) is 2. The van der Waals surface area contributed by atoms with Crippen LogP contribution in [0.3, 0.4) is 0 Å². The zero-order valence-corrected chi connectivity index (χ0v) is 16.5. The van der Waals surface area contributed by atoms with Crippen LogP contribution in [0.2, 0.25) is 0 Å². The van der Waals surface area contributed by atoms with E-state index in [4.69, 9.17) is 5.73 Å². The fraction of sp³-hybridized carbons (Fsp3) is 0.478. The molecule has 2 aromatic rings. The summed E-state index contributed by atoms with van der Waals surface area (Å²) in [6.07, 6.45) is 6.75. The van der Waals surface area contributed by atoms with E-state index in [1.807, 2.05) is 12.1 Å². The Kier molecular flexibility index (Phi) is 5.62. The van der Waals surface area contributed by atoms with E-state index in [9.17, 15) is 4.79 Å². The van der Waals surface area contributed by atoms with Gasteiger partial charge in [0.05, 0.1) is 0 Å². The number of carbonyl (C=O) groups is 1. The Hall–Kier alpha value is -2.40. The van der Waals surface area contributed by atoms with E-state index in [1.165, 1.54) is 18.4 Å². The number of anilines is 1. The van der Waals surface area contributed by atoms with Crippen molar-refractivity contribution in [1.82, 2.24) is 14.8 Å². The monoisotopic (exact) mass is 378 g/mol. The lowest BCUT2D eigenvalue weighted by molar-refractivity contribution is -0.139. The molecule has 5 heteroatoms. The van der Waals surface area contributed by atoms with Gasteiger partial charge in [-0.3, -0.25) is 9.69 Å². The standard InChI is InChI=1S/C23H30N4O/c24-22-20(8-4-13-25-22)16-26-14-5-11-23(17-26)12-9-21(28)27(18-23)15-10-19-6-2-1-3-7-19/h1-4,6-8,13H,5,9-12,14-18H2,(H2,24,25)/t23-/m1/s1. The summed E-state index contributed by atoms with van der Waals surface area (Å²) in [6.45, 7) is 4.68. The van der Waals surface area contributed by atoms with Crippen molar-refractivity contribution in [2.45, 2.75) is 38.6 Å². The number of piperidine rings is 2. The third-order valence-corrected chi connectivity index (χ3v) is 6.32. The fourth-order valence-corrected chi connectivity index (χ4v) is 4.82. The quantitative estimate of drug-likeness (QED) is 0.868. The van der Waals surface area contributed by atoms with Gasteiger partial charge in [0, 0.05) is 49.8 Å². The molecule has 1 aromatic heterocycles. The molecule has 2 saturated heterocycles. The molecule has 2 N–H and O–H groups in total. The van der Waals surface area contributed by atoms with Gasteiger partial charge in [-0.2, -0.15) is 0 Å². The number of aromatic nitrogens is 1. The highest BCUT2D eigenvalue weighted by atomic mass is 16.2. The van der Waals surface area contributed by atoms with Crippen molar-refractivity contribution in [2.75, 3.05) is 31.9 Å². The predicted octanol–water partition coefficient (Wildman–Crippen LogP) is 3.11. The number of nitrogens with two attached hydrogens (primary N) is 1. The van der Waals surface area contributed by atoms with E-state index in [0.29, 0.717) is 18.1 Å². The summed E-state index contributed by atoms with van der Waals surface area (Å²) < 4.78 is 0. The van der Waals surface area contributed by atoms with Crippen molar-refractivity contribution in [1.29, 1.82) is 0 Å². The van der Waals surface area contributed by atoms with Gasteiger partial charge < -0.3 is 10.6 Å². The minimum atomic E-state index is 0.222. The summed E-state index contributed by atoms with van der Waals surface area (Å²) in [5, 5.41) is 0. The summed E-state index contributed by atoms with van der Waals surface area (Å²) in [6, 6.07) is 14.5. The van der Waals surface area contributed by atoms with Crippen molar-refractivity contribution < 1.29 is 4.79 Å². The van der Waals surface area contributed by atoms with Crippen LogP contribution in [-0.4, -0.2) is 46.9 Å². The maximum Gasteiger partial charge on any atom is 0.222 e. The SMILES string of the molecule is Nc1ncccc1CN1CCC[C@@]2(CCC(=O)N(CCc3ccccc3)C2)C1. The molecule has 148 valence electrons. The molecule has 1 spiro atoms. The molecule has 2 aliphatic heterocycles. The maximum atomic E-state index is 12.5. The number of nitrogens with zero attached hydrogens (tertiary/aromatic N) is 3. The van der Waals surface area contributed by atoms with Crippen molar-refractivity contribution in [3.05, 3.63) is 59.8 Å². The molecule has 1 amide bonds. The van der Waals surface area contributed by atoms with Gasteiger partial charge in [0.2, 0.25) is 5.91 Å². The van der Waals surface area contributed by atoms with Gasteiger partial charge in [0.15, 0.2) is 0 Å². The number of rotatable bonds is 5. The molecule has 1 atom stereocenters. The molecular formula is C23H30N4O. The number of amides is 1. The first-order valence-corrected chi connectivity index (χ1v) is 10.4. The Morgan fingerprint density at radius 1 is 1.07 bits per heavy atom. The highest BCUT2D eigenvalue weighted by Crippen LogP contribution is 2.39. The zero-order chi connectivity index (χ0) is 19.4. The van der Waals surface area contributed by atoms with Crippen LogP contribution < -0.4 is 5.73 Å². The van der Waals surface area contributed by atoms with Crippen molar-refractivity contribution in [3.8, 4) is 0 Å². The Labute approximate surface area is 167 Å². The van der Waals surface area contributed by atoms with Gasteiger partial charge in [-0.15, -0.1) is 0 Å². The summed E-state index contributed by atoms with van der Waals surface area (Å²) in [7, 11) is 0. The largest absolute Gasteiger partial charge is 0.383 e. The number of carbonyl (C=O) groups excluding carboxylic acids is 1. The lowest BCUT2D eigenvalue weighted by Crippen LogP contribution is -2.54. The van der Waals surface area contributed by atoms with Crippen LogP contribution in [0.5, 0.6) is 0 Å². The van der Waals surface area contributed by atoms with Crippen LogP contribution in [0.1, 0.15) is 36.8 Å². The van der Waals surface area contributed by atoms with Gasteiger partial charge in [-0.05, 0) is 43.9 Å². The Morgan fingerprint density at radius 2 is 1.93 bits per heavy atom. The van der Waals surface area contributed by atoms with Crippen LogP contribution in [0, 0.1) is 5.41 Å². The molecule has 28 heavy (non-hydrogen) atoms. The minimum absolute atomic E-state index is 0.222. The second kappa shape index (κ2) is 8.31. The normalized spacial score (nSPS) is 23.3. The Morgan fingerprint density at radius 3 is 2.75 bits per heavy atom. The molecule has 2 aliphatic rings. The first-order valence-electron chi connectivity index (χ1n) is 10.4. The van der Waals surface area contributed by atoms with Crippen LogP contribution in [0.4, 0.5) is 5.82 Å². The number of hydrogen-bond donors (Lipinski definition) is 1. The summed E-state index contributed by atoms with van der Waals surface area (Å²) in [4.78, 5) is 21.4. The topological polar surface area (TPSA) is 62.5 Å². The first kappa shape index (κ1) is 18.9. The molecule has 4 rings (SSSR count). The van der Waals surface area contributed by atoms with Gasteiger partial charge in [-0.1, -0.05) is 36.4 Å². The van der Waals surface area contributed by atoms with E-state index in [2.05, 4.69) is 45.1 Å². The Bertz CT molecular complexity index is 809. The molecular weight excluding hydrogens is 348 g/mol. The first-order chi connectivity index (χ1) is 13.6. The van der Waals surface area contributed by atoms with Gasteiger partial charge in [0.1, 0.15) is 5.82 Å². The maximum absolute atomic E-state index is 12.5. The van der Waals surface area contributed by atoms with Crippen molar-refractivity contribution in [2.24, 2.45) is 5.41 Å². The number of benzene rings is 1. The highest BCUT2D eigenvalue weighted by Gasteiger charge is 2.41. The number of hydrogen-bond acceptors (Lipinski definition) is 4. The molecule has 5 nitrogen and oxygen atoms in total. The van der Waals surface area contributed by atoms with E-state index < -0.39 is 0 Å². The average Bonchev–Trinajstić information content (AvgIpc) is 2.72. The summed E-state index contributed by atoms with van der Waals surface area (Å²) >= 11 is 0. The van der Waals surface area contributed by atoms with E-state index in [1.54, 1.807) is 6.20 Å². The molecule has 0 radical (unpaired) electrons. The lowest BCUT2D eigenvalue weighted by Gasteiger charge is -2.48. The number of pyridine rings is 1. The van der Waals surface area contributed by atoms with E-state index in [-0.39, 0.29) is 5.41 Å². The van der Waals surface area contributed by atoms with Crippen molar-refractivity contribution in [3.63, 3.8) is 0 Å². The average molecular weight is 379 g/mol. The van der Waals surface area contributed by atoms with Gasteiger partial charge in [-0.25, -0.2) is 4.98 Å². The van der Waals surface area contributed by atoms with E-state index >= 15 is 0 Å². The molecule has 3 heterocycles. The molecule has 0 unspecified atom stereocenters. The predicted molar refractivity (Wildman–Crippen MR) is 112 cm³/mol. The second-order valence-electron chi connectivity index (χ2n) is 8.41. The third-order valence-electron chi connectivity index (χ3n) is 6.32. The minimum Gasteiger partial charge on any atom is -0.383 e. The van der Waals surface area contributed by atoms with Crippen LogP contribution in [0.15, 0.2) is 48.7 Å². The molecule has 0 bridgehead atoms. The Balaban J connectivity index is 1.40. The summed E-state index contributed by atoms with van der Waals surface area (Å²) in [5.41, 5.74) is 8.68. The molecule has 1 aromatic carbocycles. The van der Waals surface area contributed by atoms with Gasteiger partial charge >= 0.3 is 0 Å². The van der Waals surface area contributed by atoms with Gasteiger partial charge in [0.25, 0.3) is 0 Å². The van der Waals surface area contributed by atoms with Crippen molar-refractivity contribution >= 4 is 11.7 Å². The third kappa shape index (κ3) is 4.36. The lowest BCUT2D eigenvalue weighted by atomic mass is 9.73. The van der Waals surface area contributed by atoms with E-state index in [0.717, 1.165) is 51.1 Å². The molecule has 2 fully saturated rings. The molecule has 0 saturated carbocycles. The van der Waals surface area contributed by atoms with Crippen LogP contribution in [0.25, 0.3) is 0 Å². The second-order valence-corrected chi connectivity index (χ2v) is 8.41. The zero-order valence-electron chi connectivity index (χ0n) is 16.5. The van der Waals surface area contributed by atoms with Crippen LogP contribution >= 0.6 is 0 Å². The smallest absolute Gasteiger partial charge is 0.222 e. The fourth-order valence-electron chi connectivity index (χ4n) is 4.82. The highest BCUT2D eigenvalue weighted by molar-refractivity contribution is 5.77. The number of nitrogen functional groups attached to an aromatic ring is 1.